The minimum Gasteiger partial charge on any atom is -0.495 e. The monoisotopic (exact) mass is 495 g/mol. The Morgan fingerprint density at radius 1 is 1.14 bits per heavy atom. The molecule has 1 amide bonds. The van der Waals surface area contributed by atoms with Crippen LogP contribution in [0.4, 0.5) is 17.1 Å². The predicted octanol–water partition coefficient (Wildman–Crippen LogP) is 4.02. The van der Waals surface area contributed by atoms with Crippen LogP contribution in [0.15, 0.2) is 60.7 Å². The van der Waals surface area contributed by atoms with Crippen molar-refractivity contribution in [1.29, 1.82) is 5.41 Å². The first-order valence-corrected chi connectivity index (χ1v) is 11.0. The highest BCUT2D eigenvalue weighted by Crippen LogP contribution is 2.32. The molecular weight excluding hydrogens is 470 g/mol. The number of hydrogen-bond acceptors (Lipinski definition) is 6. The molecule has 0 bridgehead atoms. The van der Waals surface area contributed by atoms with Gasteiger partial charge in [0, 0.05) is 35.6 Å². The lowest BCUT2D eigenvalue weighted by atomic mass is 10.1. The van der Waals surface area contributed by atoms with Gasteiger partial charge in [-0.15, -0.1) is 0 Å². The lowest BCUT2D eigenvalue weighted by Gasteiger charge is -2.24. The maximum atomic E-state index is 13.0. The van der Waals surface area contributed by atoms with Crippen LogP contribution in [0.25, 0.3) is 0 Å². The Labute approximate surface area is 208 Å². The predicted molar refractivity (Wildman–Crippen MR) is 138 cm³/mol. The summed E-state index contributed by atoms with van der Waals surface area (Å²) in [7, 11) is 3.20. The maximum Gasteiger partial charge on any atom is 0.323 e. The summed E-state index contributed by atoms with van der Waals surface area (Å²) < 4.78 is 5.44. The number of ether oxygens (including phenoxy) is 1. The van der Waals surface area contributed by atoms with Gasteiger partial charge in [0.15, 0.2) is 0 Å². The van der Waals surface area contributed by atoms with Gasteiger partial charge in [0.1, 0.15) is 18.1 Å². The first kappa shape index (κ1) is 25.4. The lowest BCUT2D eigenvalue weighted by Crippen LogP contribution is -2.27. The highest BCUT2D eigenvalue weighted by molar-refractivity contribution is 6.31. The van der Waals surface area contributed by atoms with Gasteiger partial charge in [-0.1, -0.05) is 23.7 Å². The van der Waals surface area contributed by atoms with E-state index in [1.165, 1.54) is 7.11 Å². The van der Waals surface area contributed by atoms with Crippen molar-refractivity contribution in [2.24, 2.45) is 5.73 Å². The zero-order valence-electron chi connectivity index (χ0n) is 19.3. The molecule has 182 valence electrons. The van der Waals surface area contributed by atoms with Crippen LogP contribution in [-0.2, 0) is 11.3 Å². The average Bonchev–Trinajstić information content (AvgIpc) is 2.82. The zero-order valence-corrected chi connectivity index (χ0v) is 20.0. The molecule has 0 aliphatic rings. The minimum atomic E-state index is -0.967. The van der Waals surface area contributed by atoms with Crippen molar-refractivity contribution in [2.75, 3.05) is 36.2 Å². The number of methoxy groups -OCH3 is 1. The van der Waals surface area contributed by atoms with Crippen LogP contribution in [0.3, 0.4) is 0 Å². The molecule has 0 unspecified atom stereocenters. The van der Waals surface area contributed by atoms with E-state index in [1.807, 2.05) is 12.1 Å². The number of carbonyl (C=O) groups is 2. The Bertz CT molecular complexity index is 1250. The standard InChI is InChI=1S/C25H26ClN5O4/c1-31(14-22(32)33)23-16(4-3-5-21(23)35-2)13-29-20-11-8-17(26)12-19(20)25(34)30-18-9-6-15(7-10-18)24(27)28/h3-12,29H,13-14H2,1-2H3,(H3,27,28)(H,30,34)(H,32,33). The number of hydrogen-bond donors (Lipinski definition) is 5. The number of anilines is 3. The van der Waals surface area contributed by atoms with Crippen molar-refractivity contribution in [1.82, 2.24) is 0 Å². The molecule has 0 radical (unpaired) electrons. The number of carboxylic acid groups (broad SMARTS) is 1. The molecule has 9 nitrogen and oxygen atoms in total. The number of likely N-dealkylation sites (N-methyl/N-ethyl adjacent to an activating group) is 1. The fourth-order valence-corrected chi connectivity index (χ4v) is 3.74. The third-order valence-electron chi connectivity index (χ3n) is 5.21. The van der Waals surface area contributed by atoms with Gasteiger partial charge in [-0.05, 0) is 54.1 Å². The van der Waals surface area contributed by atoms with Gasteiger partial charge in [0.2, 0.25) is 0 Å². The Morgan fingerprint density at radius 3 is 2.49 bits per heavy atom. The van der Waals surface area contributed by atoms with Gasteiger partial charge < -0.3 is 31.1 Å². The molecule has 0 spiro atoms. The van der Waals surface area contributed by atoms with Crippen molar-refractivity contribution < 1.29 is 19.4 Å². The van der Waals surface area contributed by atoms with Gasteiger partial charge in [0.05, 0.1) is 18.4 Å². The minimum absolute atomic E-state index is 0.0601. The number of amidine groups is 1. The van der Waals surface area contributed by atoms with E-state index in [0.29, 0.717) is 45.5 Å². The number of nitrogen functional groups attached to an aromatic ring is 1. The fourth-order valence-electron chi connectivity index (χ4n) is 3.57. The van der Waals surface area contributed by atoms with Gasteiger partial charge in [-0.2, -0.15) is 0 Å². The van der Waals surface area contributed by atoms with Crippen molar-refractivity contribution >= 4 is 46.4 Å². The molecule has 3 aromatic rings. The van der Waals surface area contributed by atoms with Gasteiger partial charge in [0.25, 0.3) is 5.91 Å². The van der Waals surface area contributed by atoms with Crippen molar-refractivity contribution in [3.8, 4) is 5.75 Å². The molecule has 0 aromatic heterocycles. The van der Waals surface area contributed by atoms with Crippen molar-refractivity contribution in [2.45, 2.75) is 6.54 Å². The zero-order chi connectivity index (χ0) is 25.5. The second-order valence-electron chi connectivity index (χ2n) is 7.71. The molecule has 0 aliphatic carbocycles. The van der Waals surface area contributed by atoms with E-state index >= 15 is 0 Å². The molecule has 0 heterocycles. The van der Waals surface area contributed by atoms with Gasteiger partial charge in [-0.25, -0.2) is 0 Å². The van der Waals surface area contributed by atoms with E-state index in [1.54, 1.807) is 60.5 Å². The maximum absolute atomic E-state index is 13.0. The Kier molecular flexibility index (Phi) is 8.17. The van der Waals surface area contributed by atoms with Crippen LogP contribution in [0.1, 0.15) is 21.5 Å². The summed E-state index contributed by atoms with van der Waals surface area (Å²) in [6, 6.07) is 17.0. The van der Waals surface area contributed by atoms with Crippen LogP contribution in [0, 0.1) is 5.41 Å². The van der Waals surface area contributed by atoms with Crippen molar-refractivity contribution in [3.05, 3.63) is 82.4 Å². The van der Waals surface area contributed by atoms with Crippen LogP contribution < -0.4 is 26.0 Å². The van der Waals surface area contributed by atoms with Crippen LogP contribution in [-0.4, -0.2) is 43.5 Å². The van der Waals surface area contributed by atoms with E-state index in [9.17, 15) is 14.7 Å². The number of nitrogens with one attached hydrogen (secondary N) is 3. The highest BCUT2D eigenvalue weighted by atomic mass is 35.5. The number of halogens is 1. The third kappa shape index (κ3) is 6.42. The molecule has 0 saturated carbocycles. The van der Waals surface area contributed by atoms with E-state index in [-0.39, 0.29) is 18.3 Å². The van der Waals surface area contributed by atoms with Crippen LogP contribution in [0.2, 0.25) is 5.02 Å². The summed E-state index contributed by atoms with van der Waals surface area (Å²) >= 11 is 6.17. The molecule has 0 saturated heterocycles. The number of amides is 1. The summed E-state index contributed by atoms with van der Waals surface area (Å²) in [5, 5.41) is 23.2. The van der Waals surface area contributed by atoms with E-state index < -0.39 is 5.97 Å². The normalized spacial score (nSPS) is 10.4. The number of nitrogens with zero attached hydrogens (tertiary/aromatic N) is 1. The number of benzene rings is 3. The second kappa shape index (κ2) is 11.3. The molecule has 6 N–H and O–H groups in total. The summed E-state index contributed by atoms with van der Waals surface area (Å²) in [5.41, 5.74) is 8.86. The van der Waals surface area contributed by atoms with Gasteiger partial charge >= 0.3 is 5.97 Å². The van der Waals surface area contributed by atoms with Crippen LogP contribution >= 0.6 is 11.6 Å². The van der Waals surface area contributed by atoms with Gasteiger partial charge in [-0.3, -0.25) is 15.0 Å². The van der Waals surface area contributed by atoms with E-state index in [4.69, 9.17) is 27.5 Å². The molecular formula is C25H26ClN5O4. The van der Waals surface area contributed by atoms with Crippen molar-refractivity contribution in [3.63, 3.8) is 0 Å². The quantitative estimate of drug-likeness (QED) is 0.211. The summed E-state index contributed by atoms with van der Waals surface area (Å²) in [4.78, 5) is 25.9. The molecule has 3 aromatic carbocycles. The highest BCUT2D eigenvalue weighted by Gasteiger charge is 2.17. The molecule has 0 atom stereocenters. The van der Waals surface area contributed by atoms with Crippen LogP contribution in [0.5, 0.6) is 5.75 Å². The number of aliphatic carboxylic acids is 1. The smallest absolute Gasteiger partial charge is 0.323 e. The Hall–Kier alpha value is -4.24. The number of carboxylic acids is 1. The largest absolute Gasteiger partial charge is 0.495 e. The summed E-state index contributed by atoms with van der Waals surface area (Å²) in [6.07, 6.45) is 0. The molecule has 0 fully saturated rings. The Balaban J connectivity index is 1.84. The summed E-state index contributed by atoms with van der Waals surface area (Å²) in [6.45, 7) is 0.0934. The van der Waals surface area contributed by atoms with E-state index in [2.05, 4.69) is 10.6 Å². The third-order valence-corrected chi connectivity index (χ3v) is 5.44. The molecule has 3 rings (SSSR count). The first-order valence-electron chi connectivity index (χ1n) is 10.6. The molecule has 10 heteroatoms. The first-order chi connectivity index (χ1) is 16.7. The number of carbonyl (C=O) groups excluding carboxylic acids is 1. The molecule has 35 heavy (non-hydrogen) atoms. The number of para-hydroxylation sites is 1. The second-order valence-corrected chi connectivity index (χ2v) is 8.14. The average molecular weight is 496 g/mol. The molecule has 0 aliphatic heterocycles. The topological polar surface area (TPSA) is 141 Å². The SMILES string of the molecule is COc1cccc(CNc2ccc(Cl)cc2C(=O)Nc2ccc(C(=N)N)cc2)c1N(C)CC(=O)O. The lowest BCUT2D eigenvalue weighted by molar-refractivity contribution is -0.135. The van der Waals surface area contributed by atoms with E-state index in [0.717, 1.165) is 5.56 Å². The Morgan fingerprint density at radius 2 is 1.86 bits per heavy atom. The fraction of sp³-hybridized carbons (Fsp3) is 0.160. The summed E-state index contributed by atoms with van der Waals surface area (Å²) in [5.74, 6) is -0.865. The number of rotatable bonds is 10. The number of nitrogens with two attached hydrogens (primary N) is 1.